The van der Waals surface area contributed by atoms with Gasteiger partial charge in [-0.1, -0.05) is 13.0 Å². The van der Waals surface area contributed by atoms with Crippen LogP contribution in [0.4, 0.5) is 5.69 Å². The molecule has 0 atom stereocenters. The van der Waals surface area contributed by atoms with Crippen LogP contribution >= 0.6 is 0 Å². The van der Waals surface area contributed by atoms with E-state index in [0.29, 0.717) is 22.9 Å². The lowest BCUT2D eigenvalue weighted by Gasteiger charge is -2.06. The summed E-state index contributed by atoms with van der Waals surface area (Å²) in [5.74, 6) is 1.08. The van der Waals surface area contributed by atoms with E-state index in [1.165, 1.54) is 0 Å². The summed E-state index contributed by atoms with van der Waals surface area (Å²) in [6.07, 6.45) is 0.751. The molecule has 0 aliphatic rings. The van der Waals surface area contributed by atoms with Gasteiger partial charge in [-0.05, 0) is 24.6 Å². The minimum Gasteiger partial charge on any atom is -0.437 e. The first kappa shape index (κ1) is 12.0. The zero-order chi connectivity index (χ0) is 13.1. The number of nitriles is 1. The predicted molar refractivity (Wildman–Crippen MR) is 68.2 cm³/mol. The number of hydrogen-bond donors (Lipinski definition) is 1. The van der Waals surface area contributed by atoms with E-state index in [4.69, 9.17) is 15.7 Å². The topological polar surface area (TPSA) is 76.9 Å². The molecule has 0 bridgehead atoms. The van der Waals surface area contributed by atoms with Gasteiger partial charge in [-0.25, -0.2) is 4.68 Å². The second-order valence-corrected chi connectivity index (χ2v) is 3.88. The molecular weight excluding hydrogens is 228 g/mol. The van der Waals surface area contributed by atoms with E-state index in [0.717, 1.165) is 12.1 Å². The first-order valence-corrected chi connectivity index (χ1v) is 5.65. The highest BCUT2D eigenvalue weighted by Gasteiger charge is 2.14. The van der Waals surface area contributed by atoms with Gasteiger partial charge in [0.1, 0.15) is 11.4 Å². The molecular formula is C13H14N4O. The van der Waals surface area contributed by atoms with Gasteiger partial charge in [0.25, 0.3) is 0 Å². The maximum Gasteiger partial charge on any atom is 0.241 e. The highest BCUT2D eigenvalue weighted by atomic mass is 16.5. The molecule has 5 nitrogen and oxygen atoms in total. The normalized spacial score (nSPS) is 10.1. The number of benzene rings is 1. The third-order valence-electron chi connectivity index (χ3n) is 2.62. The van der Waals surface area contributed by atoms with Crippen molar-refractivity contribution in [2.45, 2.75) is 13.3 Å². The molecule has 5 heteroatoms. The van der Waals surface area contributed by atoms with Crippen LogP contribution < -0.4 is 10.5 Å². The summed E-state index contributed by atoms with van der Waals surface area (Å²) >= 11 is 0. The maximum atomic E-state index is 8.83. The highest BCUT2D eigenvalue weighted by molar-refractivity contribution is 5.54. The summed E-state index contributed by atoms with van der Waals surface area (Å²) in [4.78, 5) is 0. The van der Waals surface area contributed by atoms with Gasteiger partial charge in [-0.15, -0.1) is 0 Å². The van der Waals surface area contributed by atoms with Crippen molar-refractivity contribution in [3.05, 3.63) is 35.5 Å². The summed E-state index contributed by atoms with van der Waals surface area (Å²) < 4.78 is 7.29. The Morgan fingerprint density at radius 2 is 2.28 bits per heavy atom. The molecule has 0 unspecified atom stereocenters. The number of anilines is 1. The fourth-order valence-electron chi connectivity index (χ4n) is 1.70. The summed E-state index contributed by atoms with van der Waals surface area (Å²) in [5.41, 5.74) is 7.86. The molecule has 2 N–H and O–H groups in total. The molecule has 2 rings (SSSR count). The van der Waals surface area contributed by atoms with Crippen LogP contribution in [0.25, 0.3) is 0 Å². The fourth-order valence-corrected chi connectivity index (χ4v) is 1.70. The number of aromatic nitrogens is 2. The number of nitrogen functional groups attached to an aromatic ring is 1. The second kappa shape index (κ2) is 4.80. The number of nitrogens with zero attached hydrogens (tertiary/aromatic N) is 3. The second-order valence-electron chi connectivity index (χ2n) is 3.88. The number of rotatable bonds is 3. The van der Waals surface area contributed by atoms with Gasteiger partial charge in [0, 0.05) is 7.05 Å². The van der Waals surface area contributed by atoms with Crippen LogP contribution in [0.5, 0.6) is 11.6 Å². The Labute approximate surface area is 105 Å². The maximum absolute atomic E-state index is 8.83. The average Bonchev–Trinajstić information content (AvgIpc) is 2.66. The molecule has 18 heavy (non-hydrogen) atoms. The van der Waals surface area contributed by atoms with Crippen LogP contribution in [-0.4, -0.2) is 9.78 Å². The van der Waals surface area contributed by atoms with Crippen molar-refractivity contribution in [2.24, 2.45) is 7.05 Å². The summed E-state index contributed by atoms with van der Waals surface area (Å²) in [7, 11) is 1.78. The van der Waals surface area contributed by atoms with E-state index in [-0.39, 0.29) is 0 Å². The molecule has 2 aromatic rings. The molecule has 0 saturated carbocycles. The molecule has 0 aliphatic carbocycles. The van der Waals surface area contributed by atoms with E-state index in [9.17, 15) is 0 Å². The number of hydrogen-bond acceptors (Lipinski definition) is 4. The van der Waals surface area contributed by atoms with Gasteiger partial charge in [-0.2, -0.15) is 10.4 Å². The quantitative estimate of drug-likeness (QED) is 0.895. The third-order valence-corrected chi connectivity index (χ3v) is 2.62. The van der Waals surface area contributed by atoms with Gasteiger partial charge in [0.05, 0.1) is 17.3 Å². The van der Waals surface area contributed by atoms with Gasteiger partial charge in [0.15, 0.2) is 0 Å². The lowest BCUT2D eigenvalue weighted by molar-refractivity contribution is 0.432. The molecule has 1 aromatic carbocycles. The van der Waals surface area contributed by atoms with Crippen LogP contribution in [0.2, 0.25) is 0 Å². The van der Waals surface area contributed by atoms with Gasteiger partial charge >= 0.3 is 0 Å². The van der Waals surface area contributed by atoms with Crippen LogP contribution in [0, 0.1) is 11.3 Å². The molecule has 0 spiro atoms. The highest BCUT2D eigenvalue weighted by Crippen LogP contribution is 2.29. The number of nitrogens with two attached hydrogens (primary N) is 1. The number of ether oxygens (including phenoxy) is 1. The molecule has 0 aliphatic heterocycles. The first-order chi connectivity index (χ1) is 8.65. The lowest BCUT2D eigenvalue weighted by Crippen LogP contribution is -1.97. The molecule has 0 saturated heterocycles. The minimum atomic E-state index is 0.502. The summed E-state index contributed by atoms with van der Waals surface area (Å²) in [5, 5.41) is 13.1. The average molecular weight is 242 g/mol. The Morgan fingerprint density at radius 3 is 2.89 bits per heavy atom. The van der Waals surface area contributed by atoms with Crippen molar-refractivity contribution in [3.63, 3.8) is 0 Å². The van der Waals surface area contributed by atoms with E-state index < -0.39 is 0 Å². The fraction of sp³-hybridized carbons (Fsp3) is 0.231. The van der Waals surface area contributed by atoms with Gasteiger partial charge < -0.3 is 10.5 Å². The Kier molecular flexibility index (Phi) is 3.20. The van der Waals surface area contributed by atoms with Crippen molar-refractivity contribution >= 4 is 5.69 Å². The first-order valence-electron chi connectivity index (χ1n) is 5.65. The Balaban J connectivity index is 2.34. The molecule has 92 valence electrons. The molecule has 1 aromatic heterocycles. The SMILES string of the molecule is CCc1nn(C)c(Oc2cccc(C#N)c2)c1N. The lowest BCUT2D eigenvalue weighted by atomic mass is 10.2. The summed E-state index contributed by atoms with van der Waals surface area (Å²) in [6.45, 7) is 1.98. The van der Waals surface area contributed by atoms with Crippen LogP contribution in [0.3, 0.4) is 0 Å². The predicted octanol–water partition coefficient (Wildman–Crippen LogP) is 2.23. The van der Waals surface area contributed by atoms with E-state index in [1.54, 1.807) is 36.0 Å². The smallest absolute Gasteiger partial charge is 0.241 e. The van der Waals surface area contributed by atoms with Crippen molar-refractivity contribution in [1.29, 1.82) is 5.26 Å². The van der Waals surface area contributed by atoms with E-state index >= 15 is 0 Å². The standard InChI is InChI=1S/C13H14N4O/c1-3-11-12(15)13(17(2)16-11)18-10-6-4-5-9(7-10)8-14/h4-7H,3,15H2,1-2H3. The zero-order valence-corrected chi connectivity index (χ0v) is 10.3. The van der Waals surface area contributed by atoms with Gasteiger partial charge in [0.2, 0.25) is 5.88 Å². The Bertz CT molecular complexity index is 610. The van der Waals surface area contributed by atoms with E-state index in [2.05, 4.69) is 11.2 Å². The van der Waals surface area contributed by atoms with Crippen molar-refractivity contribution < 1.29 is 4.74 Å². The van der Waals surface area contributed by atoms with Crippen LogP contribution in [0.15, 0.2) is 24.3 Å². The summed E-state index contributed by atoms with van der Waals surface area (Å²) in [6, 6.07) is 8.99. The van der Waals surface area contributed by atoms with Crippen molar-refractivity contribution in [2.75, 3.05) is 5.73 Å². The van der Waals surface area contributed by atoms with Crippen molar-refractivity contribution in [1.82, 2.24) is 9.78 Å². The Hall–Kier alpha value is -2.48. The zero-order valence-electron chi connectivity index (χ0n) is 10.3. The monoisotopic (exact) mass is 242 g/mol. The van der Waals surface area contributed by atoms with E-state index in [1.807, 2.05) is 6.92 Å². The van der Waals surface area contributed by atoms with Gasteiger partial charge in [-0.3, -0.25) is 0 Å². The molecule has 0 amide bonds. The minimum absolute atomic E-state index is 0.502. The van der Waals surface area contributed by atoms with Crippen LogP contribution in [0.1, 0.15) is 18.2 Å². The Morgan fingerprint density at radius 1 is 1.50 bits per heavy atom. The molecule has 1 heterocycles. The van der Waals surface area contributed by atoms with Crippen LogP contribution in [-0.2, 0) is 13.5 Å². The molecule has 0 fully saturated rings. The largest absolute Gasteiger partial charge is 0.437 e. The third kappa shape index (κ3) is 2.13. The molecule has 0 radical (unpaired) electrons. The van der Waals surface area contributed by atoms with Crippen molar-refractivity contribution in [3.8, 4) is 17.7 Å². The number of aryl methyl sites for hydroxylation is 2.